The van der Waals surface area contributed by atoms with Crippen LogP contribution in [0.3, 0.4) is 0 Å². The molecule has 0 aliphatic carbocycles. The number of nitrogens with one attached hydrogen (secondary N) is 1. The molecule has 4 heterocycles. The van der Waals surface area contributed by atoms with E-state index in [-0.39, 0.29) is 35.4 Å². The Morgan fingerprint density at radius 2 is 2.10 bits per heavy atom. The Morgan fingerprint density at radius 1 is 1.27 bits per heavy atom. The van der Waals surface area contributed by atoms with E-state index < -0.39 is 0 Å². The van der Waals surface area contributed by atoms with Gasteiger partial charge in [0.1, 0.15) is 17.1 Å². The van der Waals surface area contributed by atoms with Crippen LogP contribution in [0.5, 0.6) is 0 Å². The summed E-state index contributed by atoms with van der Waals surface area (Å²) in [7, 11) is 1.80. The number of carbonyl (C=O) groups is 1. The molecular weight excluding hydrogens is 384 g/mol. The first kappa shape index (κ1) is 18.2. The second kappa shape index (κ2) is 6.89. The van der Waals surface area contributed by atoms with Crippen LogP contribution in [0.1, 0.15) is 16.9 Å². The maximum Gasteiger partial charge on any atom is 0.255 e. The number of fused-ring (bicyclic) bond motifs is 1. The molecule has 0 radical (unpaired) electrons. The zero-order valence-corrected chi connectivity index (χ0v) is 16.1. The third kappa shape index (κ3) is 3.25. The van der Waals surface area contributed by atoms with Gasteiger partial charge in [0, 0.05) is 36.8 Å². The van der Waals surface area contributed by atoms with E-state index in [9.17, 15) is 9.59 Å². The van der Waals surface area contributed by atoms with Gasteiger partial charge >= 0.3 is 0 Å². The largest absolute Gasteiger partial charge is 0.382 e. The number of nitrogens with zero attached hydrogens (tertiary/aromatic N) is 4. The zero-order valence-electron chi connectivity index (χ0n) is 16.1. The molecule has 1 saturated heterocycles. The Kier molecular flexibility index (Phi) is 4.18. The summed E-state index contributed by atoms with van der Waals surface area (Å²) in [5.41, 5.74) is 8.29. The van der Waals surface area contributed by atoms with Gasteiger partial charge in [-0.15, -0.1) is 0 Å². The van der Waals surface area contributed by atoms with Crippen LogP contribution < -0.4 is 11.3 Å². The van der Waals surface area contributed by atoms with E-state index in [1.54, 1.807) is 42.3 Å². The van der Waals surface area contributed by atoms with Crippen LogP contribution in [-0.4, -0.2) is 43.2 Å². The van der Waals surface area contributed by atoms with Crippen LogP contribution in [0.15, 0.2) is 47.5 Å². The molecule has 3 aromatic heterocycles. The van der Waals surface area contributed by atoms with Crippen molar-refractivity contribution in [2.24, 2.45) is 7.05 Å². The monoisotopic (exact) mass is 402 g/mol. The van der Waals surface area contributed by atoms with E-state index in [1.165, 1.54) is 0 Å². The third-order valence-electron chi connectivity index (χ3n) is 5.01. The van der Waals surface area contributed by atoms with Crippen molar-refractivity contribution in [2.45, 2.75) is 12.5 Å². The van der Waals surface area contributed by atoms with Gasteiger partial charge in [-0.1, -0.05) is 6.07 Å². The van der Waals surface area contributed by atoms with Gasteiger partial charge in [0.05, 0.1) is 18.4 Å². The first-order chi connectivity index (χ1) is 14.5. The highest BCUT2D eigenvalue weighted by atomic mass is 16.6. The summed E-state index contributed by atoms with van der Waals surface area (Å²) in [5.74, 6) is -0.157. The molecule has 9 heteroatoms. The Hall–Kier alpha value is -3.85. The van der Waals surface area contributed by atoms with Crippen molar-refractivity contribution < 1.29 is 9.53 Å². The fourth-order valence-electron chi connectivity index (χ4n) is 3.40. The molecule has 1 atom stereocenters. The first-order valence-corrected chi connectivity index (χ1v) is 9.44. The quantitative estimate of drug-likeness (QED) is 0.385. The fourth-order valence-corrected chi connectivity index (χ4v) is 3.40. The minimum Gasteiger partial charge on any atom is -0.382 e. The topological polar surface area (TPSA) is 132 Å². The second-order valence-electron chi connectivity index (χ2n) is 7.22. The highest BCUT2D eigenvalue weighted by Gasteiger charge is 2.29. The van der Waals surface area contributed by atoms with Crippen molar-refractivity contribution in [1.29, 1.82) is 0 Å². The molecule has 0 saturated carbocycles. The number of ether oxygens (including phenoxy) is 1. The van der Waals surface area contributed by atoms with Crippen LogP contribution in [0, 0.1) is 0 Å². The first-order valence-electron chi connectivity index (χ1n) is 9.44. The predicted octanol–water partition coefficient (Wildman–Crippen LogP) is 1.94. The molecule has 1 aromatic carbocycles. The summed E-state index contributed by atoms with van der Waals surface area (Å²) in [5, 5.41) is 5.73. The fraction of sp³-hybridized carbons (Fsp3) is 0.190. The second-order valence-corrected chi connectivity index (χ2v) is 7.22. The van der Waals surface area contributed by atoms with Crippen LogP contribution in [-0.2, 0) is 11.8 Å². The van der Waals surface area contributed by atoms with E-state index in [4.69, 9.17) is 10.5 Å². The predicted molar refractivity (Wildman–Crippen MR) is 111 cm³/mol. The number of hydrogen-bond donors (Lipinski definition) is 2. The van der Waals surface area contributed by atoms with Crippen LogP contribution in [0.25, 0.3) is 33.4 Å². The number of aromatic amines is 1. The van der Waals surface area contributed by atoms with E-state index in [2.05, 4.69) is 20.1 Å². The van der Waals surface area contributed by atoms with E-state index in [1.807, 2.05) is 12.1 Å². The lowest BCUT2D eigenvalue weighted by Crippen LogP contribution is -2.13. The summed E-state index contributed by atoms with van der Waals surface area (Å²) in [4.78, 5) is 36.5. The van der Waals surface area contributed by atoms with Crippen molar-refractivity contribution in [2.75, 3.05) is 12.3 Å². The zero-order chi connectivity index (χ0) is 20.8. The van der Waals surface area contributed by atoms with Gasteiger partial charge in [0.25, 0.3) is 5.56 Å². The molecule has 30 heavy (non-hydrogen) atoms. The molecule has 1 fully saturated rings. The van der Waals surface area contributed by atoms with Crippen molar-refractivity contribution in [3.8, 4) is 22.6 Å². The smallest absolute Gasteiger partial charge is 0.255 e. The lowest BCUT2D eigenvalue weighted by Gasteiger charge is -2.11. The molecule has 150 valence electrons. The van der Waals surface area contributed by atoms with Crippen molar-refractivity contribution in [1.82, 2.24) is 24.7 Å². The number of nitrogen functional groups attached to an aromatic ring is 1. The number of hydrogen-bond acceptors (Lipinski definition) is 7. The average molecular weight is 402 g/mol. The minimum absolute atomic E-state index is 0.0577. The molecule has 9 nitrogen and oxygen atoms in total. The van der Waals surface area contributed by atoms with Crippen molar-refractivity contribution >= 4 is 22.4 Å². The maximum absolute atomic E-state index is 12.7. The summed E-state index contributed by atoms with van der Waals surface area (Å²) >= 11 is 0. The number of anilines is 1. The number of ketones is 1. The molecule has 1 aliphatic rings. The number of rotatable bonds is 5. The highest BCUT2D eigenvalue weighted by molar-refractivity contribution is 6.00. The molecule has 0 bridgehead atoms. The number of aryl methyl sites for hydroxylation is 1. The van der Waals surface area contributed by atoms with Gasteiger partial charge in [-0.25, -0.2) is 9.97 Å². The van der Waals surface area contributed by atoms with E-state index in [0.29, 0.717) is 34.6 Å². The van der Waals surface area contributed by atoms with Gasteiger partial charge in [0.15, 0.2) is 11.6 Å². The average Bonchev–Trinajstić information content (AvgIpc) is 3.44. The maximum atomic E-state index is 12.7. The Labute approximate surface area is 170 Å². The number of nitrogens with two attached hydrogens (primary N) is 1. The summed E-state index contributed by atoms with van der Waals surface area (Å²) in [6, 6.07) is 8.96. The molecule has 5 rings (SSSR count). The molecule has 0 spiro atoms. The number of pyridine rings is 1. The van der Waals surface area contributed by atoms with E-state index >= 15 is 0 Å². The van der Waals surface area contributed by atoms with Crippen molar-refractivity contribution in [3.63, 3.8) is 0 Å². The Bertz CT molecular complexity index is 1350. The Balaban J connectivity index is 1.71. The lowest BCUT2D eigenvalue weighted by atomic mass is 10.0. The van der Waals surface area contributed by atoms with Gasteiger partial charge in [-0.05, 0) is 29.7 Å². The number of Topliss-reactive ketones (excluding diaryl/α,β-unsaturated/α-hetero) is 1. The number of benzene rings is 1. The van der Waals surface area contributed by atoms with E-state index in [0.717, 1.165) is 5.39 Å². The van der Waals surface area contributed by atoms with Crippen LogP contribution >= 0.6 is 0 Å². The minimum atomic E-state index is -0.214. The van der Waals surface area contributed by atoms with Crippen molar-refractivity contribution in [3.05, 3.63) is 58.8 Å². The van der Waals surface area contributed by atoms with Gasteiger partial charge in [-0.3, -0.25) is 14.3 Å². The standard InChI is InChI=1S/C21H18N6O3/c1-27-7-5-15(26-27)18-17(12-2-3-14-11(8-12)4-6-23-21(14)29)24-19(20(22)25-18)16(28)9-13-10-30-13/h2-8,13H,9-10H2,1H3,(H2,22,25)(H,23,29). The molecule has 0 amide bonds. The Morgan fingerprint density at radius 3 is 2.83 bits per heavy atom. The summed E-state index contributed by atoms with van der Waals surface area (Å²) in [6.07, 6.45) is 3.52. The number of carbonyl (C=O) groups excluding carboxylic acids is 1. The molecular formula is C21H18N6O3. The number of aromatic nitrogens is 5. The summed E-state index contributed by atoms with van der Waals surface area (Å²) in [6.45, 7) is 0.567. The molecule has 1 aliphatic heterocycles. The third-order valence-corrected chi connectivity index (χ3v) is 5.01. The van der Waals surface area contributed by atoms with Crippen LogP contribution in [0.4, 0.5) is 5.82 Å². The lowest BCUT2D eigenvalue weighted by molar-refractivity contribution is 0.0968. The molecule has 4 aromatic rings. The van der Waals surface area contributed by atoms with Gasteiger partial charge in [0.2, 0.25) is 0 Å². The van der Waals surface area contributed by atoms with Gasteiger partial charge in [-0.2, -0.15) is 5.10 Å². The number of epoxide rings is 1. The molecule has 3 N–H and O–H groups in total. The SMILES string of the molecule is Cn1ccc(-c2nc(N)c(C(=O)CC3CO3)nc2-c2ccc3c(=O)[nH]ccc3c2)n1. The number of H-pyrrole nitrogens is 1. The summed E-state index contributed by atoms with van der Waals surface area (Å²) < 4.78 is 6.81. The highest BCUT2D eigenvalue weighted by Crippen LogP contribution is 2.32. The van der Waals surface area contributed by atoms with Gasteiger partial charge < -0.3 is 15.5 Å². The normalized spacial score (nSPS) is 15.4. The van der Waals surface area contributed by atoms with Crippen LogP contribution in [0.2, 0.25) is 0 Å². The molecule has 1 unspecified atom stereocenters.